The van der Waals surface area contributed by atoms with Crippen LogP contribution in [-0.4, -0.2) is 16.3 Å². The predicted octanol–water partition coefficient (Wildman–Crippen LogP) is 1.88. The lowest BCUT2D eigenvalue weighted by Crippen LogP contribution is -2.09. The first-order valence-corrected chi connectivity index (χ1v) is 4.45. The Morgan fingerprint density at radius 2 is 2.42 bits per heavy atom. The van der Waals surface area contributed by atoms with Crippen LogP contribution in [0, 0.1) is 5.92 Å². The summed E-state index contributed by atoms with van der Waals surface area (Å²) < 4.78 is 1.80. The lowest BCUT2D eigenvalue weighted by molar-refractivity contribution is 0.593. The first kappa shape index (κ1) is 9.10. The molecular weight excluding hydrogens is 150 g/mol. The second-order valence-corrected chi connectivity index (χ2v) is 3.30. The number of hydrogen-bond donors (Lipinski definition) is 1. The minimum Gasteiger partial charge on any atom is -0.382 e. The molecule has 1 atom stereocenters. The number of anilines is 1. The van der Waals surface area contributed by atoms with Crippen LogP contribution in [0.4, 0.5) is 5.69 Å². The van der Waals surface area contributed by atoms with Gasteiger partial charge in [0.15, 0.2) is 0 Å². The molecule has 0 aliphatic rings. The Morgan fingerprint density at radius 1 is 1.67 bits per heavy atom. The fourth-order valence-electron chi connectivity index (χ4n) is 0.949. The summed E-state index contributed by atoms with van der Waals surface area (Å²) >= 11 is 0. The molecule has 0 bridgehead atoms. The average Bonchev–Trinajstić information content (AvgIpc) is 2.47. The number of nitrogens with one attached hydrogen (secondary N) is 1. The first-order chi connectivity index (χ1) is 5.72. The molecule has 12 heavy (non-hydrogen) atoms. The monoisotopic (exact) mass is 167 g/mol. The average molecular weight is 167 g/mol. The van der Waals surface area contributed by atoms with Gasteiger partial charge in [0.2, 0.25) is 0 Å². The Bertz CT molecular complexity index is 229. The molecule has 0 saturated carbocycles. The highest BCUT2D eigenvalue weighted by Gasteiger charge is 1.98. The van der Waals surface area contributed by atoms with E-state index in [1.165, 1.54) is 6.42 Å². The zero-order chi connectivity index (χ0) is 8.97. The summed E-state index contributed by atoms with van der Waals surface area (Å²) in [6.07, 6.45) is 5.05. The van der Waals surface area contributed by atoms with Gasteiger partial charge in [0.1, 0.15) is 0 Å². The van der Waals surface area contributed by atoms with Gasteiger partial charge in [-0.3, -0.25) is 4.68 Å². The van der Waals surface area contributed by atoms with Gasteiger partial charge in [0.25, 0.3) is 0 Å². The van der Waals surface area contributed by atoms with Crippen LogP contribution in [0.1, 0.15) is 20.3 Å². The van der Waals surface area contributed by atoms with Crippen molar-refractivity contribution >= 4 is 5.69 Å². The van der Waals surface area contributed by atoms with E-state index in [2.05, 4.69) is 24.3 Å². The van der Waals surface area contributed by atoms with Crippen molar-refractivity contribution in [1.29, 1.82) is 0 Å². The summed E-state index contributed by atoms with van der Waals surface area (Å²) in [6, 6.07) is 0. The van der Waals surface area contributed by atoms with E-state index in [0.29, 0.717) is 0 Å². The van der Waals surface area contributed by atoms with Crippen LogP contribution in [0.25, 0.3) is 0 Å². The molecule has 1 heterocycles. The van der Waals surface area contributed by atoms with E-state index in [9.17, 15) is 0 Å². The van der Waals surface area contributed by atoms with E-state index in [4.69, 9.17) is 0 Å². The maximum Gasteiger partial charge on any atom is 0.0726 e. The SMILES string of the molecule is CC[C@H](C)CNc1cnn(C)c1. The molecule has 0 aromatic carbocycles. The summed E-state index contributed by atoms with van der Waals surface area (Å²) in [4.78, 5) is 0. The zero-order valence-electron chi connectivity index (χ0n) is 8.04. The van der Waals surface area contributed by atoms with Gasteiger partial charge in [-0.1, -0.05) is 20.3 Å². The van der Waals surface area contributed by atoms with Crippen LogP contribution in [-0.2, 0) is 7.05 Å². The van der Waals surface area contributed by atoms with Crippen molar-refractivity contribution in [3.05, 3.63) is 12.4 Å². The van der Waals surface area contributed by atoms with Crippen molar-refractivity contribution in [2.24, 2.45) is 13.0 Å². The maximum atomic E-state index is 4.07. The van der Waals surface area contributed by atoms with Crippen LogP contribution in [0.3, 0.4) is 0 Å². The molecule has 1 aromatic heterocycles. The van der Waals surface area contributed by atoms with Gasteiger partial charge in [-0.15, -0.1) is 0 Å². The second kappa shape index (κ2) is 4.14. The van der Waals surface area contributed by atoms with Gasteiger partial charge < -0.3 is 5.32 Å². The molecule has 0 aliphatic carbocycles. The smallest absolute Gasteiger partial charge is 0.0726 e. The maximum absolute atomic E-state index is 4.07. The molecule has 0 amide bonds. The van der Waals surface area contributed by atoms with Crippen molar-refractivity contribution in [2.75, 3.05) is 11.9 Å². The number of nitrogens with zero attached hydrogens (tertiary/aromatic N) is 2. The van der Waals surface area contributed by atoms with Crippen molar-refractivity contribution < 1.29 is 0 Å². The molecule has 0 saturated heterocycles. The highest BCUT2D eigenvalue weighted by molar-refractivity contribution is 5.37. The molecule has 3 heteroatoms. The molecule has 0 aliphatic heterocycles. The zero-order valence-corrected chi connectivity index (χ0v) is 8.04. The molecule has 1 rings (SSSR count). The molecule has 0 spiro atoms. The minimum absolute atomic E-state index is 0.727. The predicted molar refractivity (Wildman–Crippen MR) is 51.2 cm³/mol. The Morgan fingerprint density at radius 3 is 2.92 bits per heavy atom. The van der Waals surface area contributed by atoms with Gasteiger partial charge in [-0.05, 0) is 5.92 Å². The van der Waals surface area contributed by atoms with E-state index >= 15 is 0 Å². The quantitative estimate of drug-likeness (QED) is 0.742. The largest absolute Gasteiger partial charge is 0.382 e. The standard InChI is InChI=1S/C9H17N3/c1-4-8(2)5-10-9-6-11-12(3)7-9/h6-8,10H,4-5H2,1-3H3/t8-/m0/s1. The molecule has 0 unspecified atom stereocenters. The van der Waals surface area contributed by atoms with Crippen LogP contribution >= 0.6 is 0 Å². The third kappa shape index (κ3) is 2.57. The number of aryl methyl sites for hydroxylation is 1. The van der Waals surface area contributed by atoms with E-state index in [-0.39, 0.29) is 0 Å². The molecule has 68 valence electrons. The third-order valence-corrected chi connectivity index (χ3v) is 2.06. The summed E-state index contributed by atoms with van der Waals surface area (Å²) in [7, 11) is 1.93. The lowest BCUT2D eigenvalue weighted by Gasteiger charge is -2.08. The van der Waals surface area contributed by atoms with E-state index in [1.807, 2.05) is 19.4 Å². The molecule has 0 radical (unpaired) electrons. The van der Waals surface area contributed by atoms with Gasteiger partial charge >= 0.3 is 0 Å². The highest BCUT2D eigenvalue weighted by Crippen LogP contribution is 2.06. The molecule has 1 N–H and O–H groups in total. The number of hydrogen-bond acceptors (Lipinski definition) is 2. The summed E-state index contributed by atoms with van der Waals surface area (Å²) in [5.41, 5.74) is 1.11. The van der Waals surface area contributed by atoms with Crippen LogP contribution in [0.15, 0.2) is 12.4 Å². The summed E-state index contributed by atoms with van der Waals surface area (Å²) in [5.74, 6) is 0.727. The Balaban J connectivity index is 2.33. The van der Waals surface area contributed by atoms with Crippen molar-refractivity contribution in [3.8, 4) is 0 Å². The van der Waals surface area contributed by atoms with Gasteiger partial charge in [-0.25, -0.2) is 0 Å². The third-order valence-electron chi connectivity index (χ3n) is 2.06. The number of rotatable bonds is 4. The topological polar surface area (TPSA) is 29.9 Å². The summed E-state index contributed by atoms with van der Waals surface area (Å²) in [6.45, 7) is 5.47. The lowest BCUT2D eigenvalue weighted by atomic mass is 10.1. The van der Waals surface area contributed by atoms with Crippen molar-refractivity contribution in [2.45, 2.75) is 20.3 Å². The molecule has 0 fully saturated rings. The van der Waals surface area contributed by atoms with Gasteiger partial charge in [0, 0.05) is 19.8 Å². The molecule has 3 nitrogen and oxygen atoms in total. The van der Waals surface area contributed by atoms with Crippen molar-refractivity contribution in [3.63, 3.8) is 0 Å². The highest BCUT2D eigenvalue weighted by atomic mass is 15.3. The number of aromatic nitrogens is 2. The van der Waals surface area contributed by atoms with Crippen molar-refractivity contribution in [1.82, 2.24) is 9.78 Å². The van der Waals surface area contributed by atoms with Gasteiger partial charge in [-0.2, -0.15) is 5.10 Å². The Kier molecular flexibility index (Phi) is 3.14. The van der Waals surface area contributed by atoms with Crippen LogP contribution in [0.2, 0.25) is 0 Å². The van der Waals surface area contributed by atoms with E-state index in [1.54, 1.807) is 4.68 Å². The van der Waals surface area contributed by atoms with Crippen LogP contribution in [0.5, 0.6) is 0 Å². The van der Waals surface area contributed by atoms with Gasteiger partial charge in [0.05, 0.1) is 11.9 Å². The summed E-state index contributed by atoms with van der Waals surface area (Å²) in [5, 5.41) is 7.41. The first-order valence-electron chi connectivity index (χ1n) is 4.45. The Labute approximate surface area is 73.8 Å². The fourth-order valence-corrected chi connectivity index (χ4v) is 0.949. The normalized spacial score (nSPS) is 12.9. The fraction of sp³-hybridized carbons (Fsp3) is 0.667. The second-order valence-electron chi connectivity index (χ2n) is 3.30. The minimum atomic E-state index is 0.727. The molecule has 1 aromatic rings. The molecular formula is C9H17N3. The van der Waals surface area contributed by atoms with E-state index < -0.39 is 0 Å². The Hall–Kier alpha value is -0.990. The van der Waals surface area contributed by atoms with Crippen LogP contribution < -0.4 is 5.32 Å². The van der Waals surface area contributed by atoms with E-state index in [0.717, 1.165) is 18.2 Å².